The lowest BCUT2D eigenvalue weighted by atomic mass is 9.87. The summed E-state index contributed by atoms with van der Waals surface area (Å²) in [4.78, 5) is 37.8. The minimum absolute atomic E-state index is 0.00816. The SMILES string of the molecule is CC1CCC(NC(=O)c2cc3nc(Cc4c(Cl)ccc(CNC(=O)c5cncn5C)c4Cl)n(C)c3cc2N2CC3CC3C2)CC1. The zero-order valence-corrected chi connectivity index (χ0v) is 27.5. The third-order valence-electron chi connectivity index (χ3n) is 10.1. The Kier molecular flexibility index (Phi) is 8.02. The smallest absolute Gasteiger partial charge is 0.269 e. The number of aryl methyl sites for hydroxylation is 2. The van der Waals surface area contributed by atoms with Crippen molar-refractivity contribution in [3.63, 3.8) is 0 Å². The number of imidazole rings is 2. The predicted molar refractivity (Wildman–Crippen MR) is 177 cm³/mol. The van der Waals surface area contributed by atoms with Gasteiger partial charge in [0.2, 0.25) is 0 Å². The number of carbonyl (C=O) groups excluding carboxylic acids is 2. The Morgan fingerprint density at radius 1 is 1.02 bits per heavy atom. The van der Waals surface area contributed by atoms with Gasteiger partial charge in [0.05, 0.1) is 39.8 Å². The highest BCUT2D eigenvalue weighted by molar-refractivity contribution is 6.36. The van der Waals surface area contributed by atoms with E-state index in [1.807, 2.05) is 25.2 Å². The van der Waals surface area contributed by atoms with Gasteiger partial charge in [0.1, 0.15) is 11.5 Å². The van der Waals surface area contributed by atoms with Crippen molar-refractivity contribution in [2.24, 2.45) is 31.8 Å². The van der Waals surface area contributed by atoms with E-state index in [1.165, 1.54) is 12.6 Å². The third kappa shape index (κ3) is 5.92. The molecule has 1 saturated heterocycles. The second-order valence-electron chi connectivity index (χ2n) is 13.3. The van der Waals surface area contributed by atoms with Gasteiger partial charge in [-0.25, -0.2) is 9.97 Å². The number of hydrogen-bond acceptors (Lipinski definition) is 5. The standard InChI is InChI=1S/C34H39Cl2N7O2/c1-19-4-7-23(8-5-19)39-33(44)25-11-27-29(13-28(25)43-16-21-10-22(21)17-43)42(3)31(40-27)12-24-26(35)9-6-20(32(24)36)14-38-34(45)30-15-37-18-41(30)2/h6,9,11,13,15,18-19,21-23H,4-5,7-8,10,12,14,16-17H2,1-3H3,(H,38,45)(H,39,44). The first kappa shape index (κ1) is 30.1. The lowest BCUT2D eigenvalue weighted by molar-refractivity contribution is 0.0920. The molecule has 9 nitrogen and oxygen atoms in total. The first-order valence-electron chi connectivity index (χ1n) is 15.9. The molecule has 0 bridgehead atoms. The molecule has 236 valence electrons. The van der Waals surface area contributed by atoms with Crippen LogP contribution in [0.15, 0.2) is 36.8 Å². The van der Waals surface area contributed by atoms with Crippen molar-refractivity contribution in [2.75, 3.05) is 18.0 Å². The molecule has 2 unspecified atom stereocenters. The first-order valence-corrected chi connectivity index (χ1v) is 16.7. The number of amides is 2. The van der Waals surface area contributed by atoms with Crippen molar-refractivity contribution in [1.29, 1.82) is 0 Å². The second kappa shape index (κ2) is 12.0. The van der Waals surface area contributed by atoms with Crippen LogP contribution in [0.4, 0.5) is 5.69 Å². The second-order valence-corrected chi connectivity index (χ2v) is 14.1. The Bertz CT molecular complexity index is 1780. The van der Waals surface area contributed by atoms with Crippen LogP contribution in [0.3, 0.4) is 0 Å². The zero-order valence-electron chi connectivity index (χ0n) is 25.9. The van der Waals surface area contributed by atoms with E-state index in [0.717, 1.165) is 90.2 Å². The Hall–Kier alpha value is -3.56. The molecular formula is C34H39Cl2N7O2. The monoisotopic (exact) mass is 647 g/mol. The molecule has 2 N–H and O–H groups in total. The lowest BCUT2D eigenvalue weighted by Crippen LogP contribution is -2.38. The Labute approximate surface area is 273 Å². The van der Waals surface area contributed by atoms with Crippen LogP contribution in [-0.4, -0.2) is 50.0 Å². The molecule has 2 amide bonds. The summed E-state index contributed by atoms with van der Waals surface area (Å²) in [5.41, 5.74) is 5.41. The van der Waals surface area contributed by atoms with Crippen LogP contribution in [0.1, 0.15) is 76.8 Å². The summed E-state index contributed by atoms with van der Waals surface area (Å²) in [5, 5.41) is 7.31. The highest BCUT2D eigenvalue weighted by Gasteiger charge is 2.46. The molecule has 0 spiro atoms. The van der Waals surface area contributed by atoms with Crippen molar-refractivity contribution >= 4 is 51.7 Å². The van der Waals surface area contributed by atoms with E-state index in [9.17, 15) is 9.59 Å². The van der Waals surface area contributed by atoms with Crippen LogP contribution in [0.25, 0.3) is 11.0 Å². The van der Waals surface area contributed by atoms with Gasteiger partial charge in [0.25, 0.3) is 11.8 Å². The minimum Gasteiger partial charge on any atom is -0.370 e. The summed E-state index contributed by atoms with van der Waals surface area (Å²) in [6.07, 6.45) is 9.17. The molecule has 7 rings (SSSR count). The Morgan fingerprint density at radius 3 is 2.49 bits per heavy atom. The van der Waals surface area contributed by atoms with Gasteiger partial charge in [-0.1, -0.05) is 36.2 Å². The summed E-state index contributed by atoms with van der Waals surface area (Å²) in [5.74, 6) is 2.75. The third-order valence-corrected chi connectivity index (χ3v) is 10.9. The normalized spacial score (nSPS) is 22.5. The van der Waals surface area contributed by atoms with E-state index in [0.29, 0.717) is 27.7 Å². The number of aromatic nitrogens is 4. The van der Waals surface area contributed by atoms with Gasteiger partial charge < -0.3 is 24.7 Å². The number of rotatable bonds is 8. The predicted octanol–water partition coefficient (Wildman–Crippen LogP) is 5.90. The molecule has 4 aromatic rings. The quantitative estimate of drug-likeness (QED) is 0.248. The fraction of sp³-hybridized carbons (Fsp3) is 0.471. The molecule has 2 aromatic carbocycles. The molecule has 2 saturated carbocycles. The van der Waals surface area contributed by atoms with Crippen molar-refractivity contribution in [3.8, 4) is 0 Å². The molecule has 2 aromatic heterocycles. The molecule has 3 heterocycles. The van der Waals surface area contributed by atoms with E-state index in [4.69, 9.17) is 28.2 Å². The summed E-state index contributed by atoms with van der Waals surface area (Å²) in [6.45, 7) is 4.53. The van der Waals surface area contributed by atoms with E-state index in [-0.39, 0.29) is 24.4 Å². The number of hydrogen-bond donors (Lipinski definition) is 2. The van der Waals surface area contributed by atoms with Crippen LogP contribution in [-0.2, 0) is 27.1 Å². The molecule has 3 fully saturated rings. The molecule has 3 aliphatic rings. The zero-order chi connectivity index (χ0) is 31.4. The van der Waals surface area contributed by atoms with Crippen molar-refractivity contribution < 1.29 is 9.59 Å². The molecule has 2 atom stereocenters. The van der Waals surface area contributed by atoms with Gasteiger partial charge in [0, 0.05) is 51.2 Å². The number of benzene rings is 2. The van der Waals surface area contributed by atoms with Gasteiger partial charge in [-0.15, -0.1) is 0 Å². The van der Waals surface area contributed by atoms with Gasteiger partial charge in [-0.2, -0.15) is 0 Å². The van der Waals surface area contributed by atoms with Gasteiger partial charge in [-0.05, 0) is 79.2 Å². The minimum atomic E-state index is -0.234. The van der Waals surface area contributed by atoms with Crippen LogP contribution in [0, 0.1) is 17.8 Å². The number of fused-ring (bicyclic) bond motifs is 2. The summed E-state index contributed by atoms with van der Waals surface area (Å²) in [7, 11) is 3.77. The van der Waals surface area contributed by atoms with Crippen LogP contribution in [0.5, 0.6) is 0 Å². The van der Waals surface area contributed by atoms with Gasteiger partial charge in [0.15, 0.2) is 0 Å². The summed E-state index contributed by atoms with van der Waals surface area (Å²) < 4.78 is 3.74. The molecular weight excluding hydrogens is 609 g/mol. The van der Waals surface area contributed by atoms with Crippen LogP contribution in [0.2, 0.25) is 10.0 Å². The average Bonchev–Trinajstić information content (AvgIpc) is 3.29. The topological polar surface area (TPSA) is 97.1 Å². The molecule has 45 heavy (non-hydrogen) atoms. The van der Waals surface area contributed by atoms with Crippen LogP contribution < -0.4 is 15.5 Å². The highest BCUT2D eigenvalue weighted by Crippen LogP contribution is 2.47. The van der Waals surface area contributed by atoms with E-state index < -0.39 is 0 Å². The van der Waals surface area contributed by atoms with Crippen molar-refractivity contribution in [3.05, 3.63) is 75.0 Å². The average molecular weight is 649 g/mol. The fourth-order valence-electron chi connectivity index (χ4n) is 7.09. The number of nitrogens with one attached hydrogen (secondary N) is 2. The van der Waals surface area contributed by atoms with E-state index >= 15 is 0 Å². The molecule has 2 aliphatic carbocycles. The van der Waals surface area contributed by atoms with Crippen molar-refractivity contribution in [2.45, 2.75) is 58.0 Å². The summed E-state index contributed by atoms with van der Waals surface area (Å²) >= 11 is 13.6. The van der Waals surface area contributed by atoms with Gasteiger partial charge in [-0.3, -0.25) is 9.59 Å². The van der Waals surface area contributed by atoms with E-state index in [2.05, 4.69) is 38.1 Å². The first-order chi connectivity index (χ1) is 21.7. The lowest BCUT2D eigenvalue weighted by Gasteiger charge is -2.28. The maximum atomic E-state index is 13.8. The number of anilines is 1. The molecule has 0 radical (unpaired) electrons. The largest absolute Gasteiger partial charge is 0.370 e. The number of piperidine rings is 1. The molecule has 1 aliphatic heterocycles. The number of nitrogens with zero attached hydrogens (tertiary/aromatic N) is 5. The fourth-order valence-corrected chi connectivity index (χ4v) is 7.66. The maximum Gasteiger partial charge on any atom is 0.269 e. The summed E-state index contributed by atoms with van der Waals surface area (Å²) in [6, 6.07) is 7.96. The number of halogens is 2. The van der Waals surface area contributed by atoms with Crippen LogP contribution >= 0.6 is 23.2 Å². The number of carbonyl (C=O) groups is 2. The Morgan fingerprint density at radius 2 is 1.78 bits per heavy atom. The van der Waals surface area contributed by atoms with Crippen molar-refractivity contribution in [1.82, 2.24) is 29.7 Å². The highest BCUT2D eigenvalue weighted by atomic mass is 35.5. The molecule has 11 heteroatoms. The van der Waals surface area contributed by atoms with Gasteiger partial charge >= 0.3 is 0 Å². The Balaban J connectivity index is 1.17. The van der Waals surface area contributed by atoms with E-state index in [1.54, 1.807) is 17.9 Å². The maximum absolute atomic E-state index is 13.8.